The quantitative estimate of drug-likeness (QED) is 0.433. The number of rotatable bonds is 6. The summed E-state index contributed by atoms with van der Waals surface area (Å²) >= 11 is 6.02. The Morgan fingerprint density at radius 2 is 1.48 bits per heavy atom. The van der Waals surface area contributed by atoms with E-state index in [2.05, 4.69) is 50.4 Å². The monoisotopic (exact) mass is 405 g/mol. The predicted molar refractivity (Wildman–Crippen MR) is 123 cm³/mol. The first kappa shape index (κ1) is 21.1. The SMILES string of the molecule is Cc1ccc(C(=O)CC(Nc2ccc(Cl)cc2)c2ccc(C(C)(C)C)cc2)cc1. The number of carbonyl (C=O) groups is 1. The Morgan fingerprint density at radius 3 is 2.03 bits per heavy atom. The molecular formula is C26H28ClNO. The van der Waals surface area contributed by atoms with Gasteiger partial charge >= 0.3 is 0 Å². The predicted octanol–water partition coefficient (Wildman–Crippen LogP) is 7.37. The Balaban J connectivity index is 1.87. The highest BCUT2D eigenvalue weighted by molar-refractivity contribution is 6.30. The van der Waals surface area contributed by atoms with Crippen molar-refractivity contribution in [1.29, 1.82) is 0 Å². The molecule has 29 heavy (non-hydrogen) atoms. The van der Waals surface area contributed by atoms with Crippen molar-refractivity contribution in [2.45, 2.75) is 45.6 Å². The third kappa shape index (κ3) is 5.71. The van der Waals surface area contributed by atoms with Crippen LogP contribution in [0.15, 0.2) is 72.8 Å². The lowest BCUT2D eigenvalue weighted by Gasteiger charge is -2.23. The second-order valence-corrected chi connectivity index (χ2v) is 9.01. The van der Waals surface area contributed by atoms with Crippen LogP contribution in [0, 0.1) is 6.92 Å². The molecule has 3 aromatic rings. The Morgan fingerprint density at radius 1 is 0.897 bits per heavy atom. The minimum Gasteiger partial charge on any atom is -0.378 e. The number of hydrogen-bond donors (Lipinski definition) is 1. The van der Waals surface area contributed by atoms with E-state index in [1.54, 1.807) is 0 Å². The van der Waals surface area contributed by atoms with Crippen LogP contribution in [0.1, 0.15) is 60.3 Å². The van der Waals surface area contributed by atoms with Crippen molar-refractivity contribution in [2.75, 3.05) is 5.32 Å². The maximum Gasteiger partial charge on any atom is 0.165 e. The van der Waals surface area contributed by atoms with Gasteiger partial charge < -0.3 is 5.32 Å². The smallest absolute Gasteiger partial charge is 0.165 e. The number of hydrogen-bond acceptors (Lipinski definition) is 2. The van der Waals surface area contributed by atoms with E-state index in [-0.39, 0.29) is 17.2 Å². The molecule has 0 fully saturated rings. The molecule has 0 radical (unpaired) electrons. The molecule has 0 bridgehead atoms. The standard InChI is InChI=1S/C26H28ClNO/c1-18-5-7-20(8-6-18)25(29)17-24(28-23-15-13-22(27)14-16-23)19-9-11-21(12-10-19)26(2,3)4/h5-16,24,28H,17H2,1-4H3. The topological polar surface area (TPSA) is 29.1 Å². The van der Waals surface area contributed by atoms with Gasteiger partial charge in [0.1, 0.15) is 0 Å². The maximum atomic E-state index is 12.9. The van der Waals surface area contributed by atoms with Gasteiger partial charge in [0.05, 0.1) is 6.04 Å². The van der Waals surface area contributed by atoms with Crippen molar-refractivity contribution in [1.82, 2.24) is 0 Å². The van der Waals surface area contributed by atoms with E-state index in [1.807, 2.05) is 55.5 Å². The molecule has 0 aliphatic heterocycles. The van der Waals surface area contributed by atoms with Crippen LogP contribution in [0.5, 0.6) is 0 Å². The summed E-state index contributed by atoms with van der Waals surface area (Å²) in [6, 6.07) is 23.8. The minimum atomic E-state index is -0.126. The molecule has 150 valence electrons. The third-order valence-electron chi connectivity index (χ3n) is 5.13. The first-order valence-corrected chi connectivity index (χ1v) is 10.3. The lowest BCUT2D eigenvalue weighted by Crippen LogP contribution is -2.17. The maximum absolute atomic E-state index is 12.9. The molecule has 1 unspecified atom stereocenters. The number of carbonyl (C=O) groups excluding carboxylic acids is 1. The van der Waals surface area contributed by atoms with Gasteiger partial charge in [-0.2, -0.15) is 0 Å². The summed E-state index contributed by atoms with van der Waals surface area (Å²) in [6.07, 6.45) is 0.376. The molecule has 0 aliphatic rings. The van der Waals surface area contributed by atoms with Crippen molar-refractivity contribution in [2.24, 2.45) is 0 Å². The van der Waals surface area contributed by atoms with E-state index in [0.717, 1.165) is 22.4 Å². The average Bonchev–Trinajstić information content (AvgIpc) is 2.69. The van der Waals surface area contributed by atoms with Crippen LogP contribution >= 0.6 is 11.6 Å². The number of benzene rings is 3. The summed E-state index contributed by atoms with van der Waals surface area (Å²) in [5.41, 5.74) is 5.29. The minimum absolute atomic E-state index is 0.0926. The molecule has 3 heteroatoms. The van der Waals surface area contributed by atoms with Gasteiger partial charge in [-0.25, -0.2) is 0 Å². The number of Topliss-reactive ketones (excluding diaryl/α,β-unsaturated/α-hetero) is 1. The van der Waals surface area contributed by atoms with Crippen molar-refractivity contribution in [3.63, 3.8) is 0 Å². The Labute approximate surface area is 178 Å². The van der Waals surface area contributed by atoms with E-state index in [9.17, 15) is 4.79 Å². The summed E-state index contributed by atoms with van der Waals surface area (Å²) in [7, 11) is 0. The zero-order valence-electron chi connectivity index (χ0n) is 17.5. The van der Waals surface area contributed by atoms with Crippen LogP contribution in [0.2, 0.25) is 5.02 Å². The lowest BCUT2D eigenvalue weighted by atomic mass is 9.86. The van der Waals surface area contributed by atoms with Crippen LogP contribution in [-0.2, 0) is 5.41 Å². The van der Waals surface area contributed by atoms with Crippen molar-refractivity contribution in [3.8, 4) is 0 Å². The van der Waals surface area contributed by atoms with Gasteiger partial charge in [-0.1, -0.05) is 86.5 Å². The van der Waals surface area contributed by atoms with Crippen LogP contribution < -0.4 is 5.32 Å². The van der Waals surface area contributed by atoms with Gasteiger partial charge in [-0.05, 0) is 47.7 Å². The second-order valence-electron chi connectivity index (χ2n) is 8.57. The highest BCUT2D eigenvalue weighted by atomic mass is 35.5. The number of nitrogens with one attached hydrogen (secondary N) is 1. The van der Waals surface area contributed by atoms with Crippen LogP contribution in [0.4, 0.5) is 5.69 Å². The second kappa shape index (κ2) is 8.84. The molecule has 0 saturated carbocycles. The molecule has 0 aromatic heterocycles. The number of aryl methyl sites for hydroxylation is 1. The zero-order valence-corrected chi connectivity index (χ0v) is 18.3. The van der Waals surface area contributed by atoms with Gasteiger partial charge in [0.25, 0.3) is 0 Å². The Kier molecular flexibility index (Phi) is 6.44. The van der Waals surface area contributed by atoms with Gasteiger partial charge in [0, 0.05) is 22.7 Å². The van der Waals surface area contributed by atoms with Crippen LogP contribution in [-0.4, -0.2) is 5.78 Å². The van der Waals surface area contributed by atoms with E-state index in [4.69, 9.17) is 11.6 Å². The normalized spacial score (nSPS) is 12.4. The van der Waals surface area contributed by atoms with Gasteiger partial charge in [0.15, 0.2) is 5.78 Å². The van der Waals surface area contributed by atoms with Crippen LogP contribution in [0.3, 0.4) is 0 Å². The van der Waals surface area contributed by atoms with E-state index in [0.29, 0.717) is 11.4 Å². The fourth-order valence-corrected chi connectivity index (χ4v) is 3.38. The lowest BCUT2D eigenvalue weighted by molar-refractivity contribution is 0.0976. The molecule has 1 N–H and O–H groups in total. The highest BCUT2D eigenvalue weighted by Crippen LogP contribution is 2.28. The van der Waals surface area contributed by atoms with E-state index < -0.39 is 0 Å². The molecule has 0 aliphatic carbocycles. The fraction of sp³-hybridized carbons (Fsp3) is 0.269. The summed E-state index contributed by atoms with van der Waals surface area (Å²) < 4.78 is 0. The summed E-state index contributed by atoms with van der Waals surface area (Å²) in [4.78, 5) is 12.9. The molecule has 0 heterocycles. The first-order valence-electron chi connectivity index (χ1n) is 9.95. The molecule has 2 nitrogen and oxygen atoms in total. The fourth-order valence-electron chi connectivity index (χ4n) is 3.26. The molecule has 1 atom stereocenters. The van der Waals surface area contributed by atoms with Crippen molar-refractivity contribution in [3.05, 3.63) is 100 Å². The average molecular weight is 406 g/mol. The van der Waals surface area contributed by atoms with Gasteiger partial charge in [0.2, 0.25) is 0 Å². The number of halogens is 1. The molecular weight excluding hydrogens is 378 g/mol. The summed E-state index contributed by atoms with van der Waals surface area (Å²) in [6.45, 7) is 8.63. The zero-order chi connectivity index (χ0) is 21.0. The van der Waals surface area contributed by atoms with E-state index >= 15 is 0 Å². The molecule has 0 spiro atoms. The Bertz CT molecular complexity index is 952. The largest absolute Gasteiger partial charge is 0.378 e. The summed E-state index contributed by atoms with van der Waals surface area (Å²) in [5, 5.41) is 4.21. The van der Waals surface area contributed by atoms with Crippen molar-refractivity contribution >= 4 is 23.1 Å². The van der Waals surface area contributed by atoms with E-state index in [1.165, 1.54) is 5.56 Å². The first-order chi connectivity index (χ1) is 13.7. The molecule has 0 amide bonds. The number of ketones is 1. The van der Waals surface area contributed by atoms with Gasteiger partial charge in [-0.3, -0.25) is 4.79 Å². The highest BCUT2D eigenvalue weighted by Gasteiger charge is 2.19. The third-order valence-corrected chi connectivity index (χ3v) is 5.38. The molecule has 3 aromatic carbocycles. The summed E-state index contributed by atoms with van der Waals surface area (Å²) in [5.74, 6) is 0.122. The molecule has 3 rings (SSSR count). The molecule has 0 saturated heterocycles. The van der Waals surface area contributed by atoms with Crippen LogP contribution in [0.25, 0.3) is 0 Å². The number of anilines is 1. The Hall–Kier alpha value is -2.58. The van der Waals surface area contributed by atoms with Crippen molar-refractivity contribution < 1.29 is 4.79 Å². The van der Waals surface area contributed by atoms with Gasteiger partial charge in [-0.15, -0.1) is 0 Å².